The van der Waals surface area contributed by atoms with Crippen LogP contribution >= 0.6 is 0 Å². The maximum absolute atomic E-state index is 11.1. The molecule has 2 N–H and O–H groups in total. The number of carboxylic acids is 1. The number of fused-ring (bicyclic) bond motifs is 1. The first-order valence-electron chi connectivity index (χ1n) is 5.84. The number of oxazole rings is 1. The third kappa shape index (κ3) is 2.45. The van der Waals surface area contributed by atoms with E-state index < -0.39 is 12.0 Å². The first kappa shape index (κ1) is 12.4. The quantitative estimate of drug-likeness (QED) is 0.870. The Bertz CT molecular complexity index is 575. The van der Waals surface area contributed by atoms with Crippen LogP contribution in [0, 0.1) is 12.8 Å². The summed E-state index contributed by atoms with van der Waals surface area (Å²) in [7, 11) is 0. The predicted molar refractivity (Wildman–Crippen MR) is 68.6 cm³/mol. The molecule has 1 atom stereocenters. The van der Waals surface area contributed by atoms with E-state index in [1.807, 2.05) is 39.0 Å². The van der Waals surface area contributed by atoms with Crippen LogP contribution in [0.3, 0.4) is 0 Å². The van der Waals surface area contributed by atoms with Gasteiger partial charge in [-0.25, -0.2) is 4.79 Å². The summed E-state index contributed by atoms with van der Waals surface area (Å²) < 4.78 is 5.47. The number of nitrogens with zero attached hydrogens (tertiary/aromatic N) is 1. The van der Waals surface area contributed by atoms with Crippen LogP contribution in [0.2, 0.25) is 0 Å². The van der Waals surface area contributed by atoms with E-state index in [-0.39, 0.29) is 11.9 Å². The van der Waals surface area contributed by atoms with Crippen molar-refractivity contribution in [3.05, 3.63) is 23.8 Å². The number of carbonyl (C=O) groups is 1. The second kappa shape index (κ2) is 4.68. The van der Waals surface area contributed by atoms with E-state index in [9.17, 15) is 4.79 Å². The van der Waals surface area contributed by atoms with Crippen LogP contribution in [-0.2, 0) is 4.79 Å². The molecule has 1 aromatic heterocycles. The molecule has 0 spiro atoms. The fourth-order valence-corrected chi connectivity index (χ4v) is 1.75. The van der Waals surface area contributed by atoms with Gasteiger partial charge in [0.15, 0.2) is 5.58 Å². The smallest absolute Gasteiger partial charge is 0.326 e. The lowest BCUT2D eigenvalue weighted by atomic mass is 10.1. The molecule has 2 aromatic rings. The third-order valence-electron chi connectivity index (χ3n) is 2.75. The van der Waals surface area contributed by atoms with Crippen molar-refractivity contribution in [1.82, 2.24) is 4.98 Å². The molecule has 0 radical (unpaired) electrons. The van der Waals surface area contributed by atoms with Gasteiger partial charge in [0.1, 0.15) is 11.6 Å². The molecule has 18 heavy (non-hydrogen) atoms. The Morgan fingerprint density at radius 1 is 1.44 bits per heavy atom. The molecule has 0 aliphatic carbocycles. The predicted octanol–water partition coefficient (Wildman–Crippen LogP) is 2.66. The molecule has 1 aromatic carbocycles. The lowest BCUT2D eigenvalue weighted by Crippen LogP contribution is -2.34. The topological polar surface area (TPSA) is 75.4 Å². The van der Waals surface area contributed by atoms with E-state index in [0.717, 1.165) is 11.1 Å². The molecule has 5 heteroatoms. The highest BCUT2D eigenvalue weighted by atomic mass is 16.4. The van der Waals surface area contributed by atoms with Gasteiger partial charge in [-0.3, -0.25) is 0 Å². The monoisotopic (exact) mass is 248 g/mol. The molecule has 0 fully saturated rings. The molecule has 0 aliphatic heterocycles. The maximum Gasteiger partial charge on any atom is 0.326 e. The summed E-state index contributed by atoms with van der Waals surface area (Å²) in [6.45, 7) is 5.63. The molecule has 0 amide bonds. The standard InChI is InChI=1S/C13H16N2O3/c1-7(2)11(12(16)17)15-13-14-9-6-8(3)4-5-10(9)18-13/h4-7,11H,1-3H3,(H,14,15)(H,16,17)/t11-/m0/s1. The number of hydrogen-bond donors (Lipinski definition) is 2. The number of carboxylic acid groups (broad SMARTS) is 1. The highest BCUT2D eigenvalue weighted by molar-refractivity contribution is 5.79. The molecule has 96 valence electrons. The molecule has 0 bridgehead atoms. The summed E-state index contributed by atoms with van der Waals surface area (Å²) in [5.41, 5.74) is 2.46. The molecule has 0 saturated carbocycles. The van der Waals surface area contributed by atoms with Crippen molar-refractivity contribution in [3.8, 4) is 0 Å². The Kier molecular flexibility index (Phi) is 3.23. The second-order valence-electron chi connectivity index (χ2n) is 4.69. The number of nitrogens with one attached hydrogen (secondary N) is 1. The fraction of sp³-hybridized carbons (Fsp3) is 0.385. The Morgan fingerprint density at radius 3 is 2.78 bits per heavy atom. The summed E-state index contributed by atoms with van der Waals surface area (Å²) in [6.07, 6.45) is 0. The number of aryl methyl sites for hydroxylation is 1. The lowest BCUT2D eigenvalue weighted by molar-refractivity contribution is -0.138. The van der Waals surface area contributed by atoms with Crippen molar-refractivity contribution >= 4 is 23.1 Å². The number of aromatic nitrogens is 1. The Morgan fingerprint density at radius 2 is 2.17 bits per heavy atom. The van der Waals surface area contributed by atoms with E-state index in [1.54, 1.807) is 0 Å². The van der Waals surface area contributed by atoms with Crippen LogP contribution in [0.5, 0.6) is 0 Å². The van der Waals surface area contributed by atoms with Crippen LogP contribution in [0.1, 0.15) is 19.4 Å². The lowest BCUT2D eigenvalue weighted by Gasteiger charge is -2.15. The number of aliphatic carboxylic acids is 1. The molecule has 5 nitrogen and oxygen atoms in total. The van der Waals surface area contributed by atoms with Gasteiger partial charge in [-0.05, 0) is 30.5 Å². The van der Waals surface area contributed by atoms with Crippen molar-refractivity contribution in [2.24, 2.45) is 5.92 Å². The Hall–Kier alpha value is -2.04. The first-order valence-corrected chi connectivity index (χ1v) is 5.84. The normalized spacial score (nSPS) is 12.9. The van der Waals surface area contributed by atoms with Crippen LogP contribution < -0.4 is 5.32 Å². The summed E-state index contributed by atoms with van der Waals surface area (Å²) in [4.78, 5) is 15.3. The first-order chi connectivity index (χ1) is 8.47. The van der Waals surface area contributed by atoms with Crippen LogP contribution in [0.25, 0.3) is 11.1 Å². The highest BCUT2D eigenvalue weighted by Crippen LogP contribution is 2.21. The average Bonchev–Trinajstić information content (AvgIpc) is 2.66. The van der Waals surface area contributed by atoms with Gasteiger partial charge in [0, 0.05) is 0 Å². The van der Waals surface area contributed by atoms with Gasteiger partial charge < -0.3 is 14.8 Å². The van der Waals surface area contributed by atoms with Gasteiger partial charge in [-0.15, -0.1) is 0 Å². The number of benzene rings is 1. The van der Waals surface area contributed by atoms with E-state index in [1.165, 1.54) is 0 Å². The maximum atomic E-state index is 11.1. The van der Waals surface area contributed by atoms with Gasteiger partial charge in [0.05, 0.1) is 0 Å². The number of hydrogen-bond acceptors (Lipinski definition) is 4. The minimum Gasteiger partial charge on any atom is -0.480 e. The highest BCUT2D eigenvalue weighted by Gasteiger charge is 2.23. The van der Waals surface area contributed by atoms with E-state index in [4.69, 9.17) is 9.52 Å². The molecular weight excluding hydrogens is 232 g/mol. The van der Waals surface area contributed by atoms with Crippen molar-refractivity contribution in [3.63, 3.8) is 0 Å². The van der Waals surface area contributed by atoms with Crippen molar-refractivity contribution < 1.29 is 14.3 Å². The largest absolute Gasteiger partial charge is 0.480 e. The van der Waals surface area contributed by atoms with Gasteiger partial charge in [-0.1, -0.05) is 19.9 Å². The SMILES string of the molecule is Cc1ccc2oc(N[C@H](C(=O)O)C(C)C)nc2c1. The Labute approximate surface area is 105 Å². The number of rotatable bonds is 4. The van der Waals surface area contributed by atoms with Crippen molar-refractivity contribution in [1.29, 1.82) is 0 Å². The average molecular weight is 248 g/mol. The third-order valence-corrected chi connectivity index (χ3v) is 2.75. The molecule has 0 aliphatic rings. The summed E-state index contributed by atoms with van der Waals surface area (Å²) in [5.74, 6) is -0.970. The molecule has 0 unspecified atom stereocenters. The summed E-state index contributed by atoms with van der Waals surface area (Å²) in [5, 5.41) is 11.9. The van der Waals surface area contributed by atoms with Gasteiger partial charge in [0.2, 0.25) is 0 Å². The van der Waals surface area contributed by atoms with Gasteiger partial charge in [-0.2, -0.15) is 4.98 Å². The van der Waals surface area contributed by atoms with Crippen molar-refractivity contribution in [2.75, 3.05) is 5.32 Å². The van der Waals surface area contributed by atoms with Crippen LogP contribution in [0.4, 0.5) is 6.01 Å². The van der Waals surface area contributed by atoms with Gasteiger partial charge >= 0.3 is 5.97 Å². The molecule has 0 saturated heterocycles. The zero-order valence-corrected chi connectivity index (χ0v) is 10.6. The second-order valence-corrected chi connectivity index (χ2v) is 4.69. The minimum atomic E-state index is -0.913. The zero-order chi connectivity index (χ0) is 13.3. The van der Waals surface area contributed by atoms with E-state index in [2.05, 4.69) is 10.3 Å². The Balaban J connectivity index is 2.28. The van der Waals surface area contributed by atoms with Crippen LogP contribution in [-0.4, -0.2) is 22.1 Å². The fourth-order valence-electron chi connectivity index (χ4n) is 1.75. The van der Waals surface area contributed by atoms with Gasteiger partial charge in [0.25, 0.3) is 6.01 Å². The zero-order valence-electron chi connectivity index (χ0n) is 10.6. The summed E-state index contributed by atoms with van der Waals surface area (Å²) >= 11 is 0. The van der Waals surface area contributed by atoms with E-state index >= 15 is 0 Å². The molecular formula is C13H16N2O3. The van der Waals surface area contributed by atoms with Crippen molar-refractivity contribution in [2.45, 2.75) is 26.8 Å². The summed E-state index contributed by atoms with van der Waals surface area (Å²) in [6, 6.07) is 5.19. The van der Waals surface area contributed by atoms with Crippen LogP contribution in [0.15, 0.2) is 22.6 Å². The minimum absolute atomic E-state index is 0.0563. The van der Waals surface area contributed by atoms with E-state index in [0.29, 0.717) is 5.58 Å². The molecule has 1 heterocycles. The molecule has 2 rings (SSSR count). The number of anilines is 1.